The molecule has 2 aromatic rings. The van der Waals surface area contributed by atoms with Crippen molar-refractivity contribution in [3.8, 4) is 24.7 Å². The van der Waals surface area contributed by atoms with Gasteiger partial charge in [-0.25, -0.2) is 9.78 Å². The maximum absolute atomic E-state index is 11.9. The van der Waals surface area contributed by atoms with E-state index in [1.807, 2.05) is 0 Å². The number of H-pyrrole nitrogens is 1. The molecule has 0 saturated carbocycles. The summed E-state index contributed by atoms with van der Waals surface area (Å²) in [4.78, 5) is 30.1. The van der Waals surface area contributed by atoms with Crippen LogP contribution in [0.25, 0.3) is 11.2 Å². The molecular weight excluding hydrogens is 244 g/mol. The Hall–Kier alpha value is -2.73. The van der Waals surface area contributed by atoms with Gasteiger partial charge in [0.1, 0.15) is 0 Å². The van der Waals surface area contributed by atoms with E-state index in [0.717, 1.165) is 0 Å². The van der Waals surface area contributed by atoms with Crippen LogP contribution in [0.2, 0.25) is 0 Å². The van der Waals surface area contributed by atoms with Crippen LogP contribution < -0.4 is 11.2 Å². The normalized spacial score (nSPS) is 13.7. The van der Waals surface area contributed by atoms with Gasteiger partial charge >= 0.3 is 5.69 Å². The number of aromatic nitrogens is 4. The second-order valence-corrected chi connectivity index (χ2v) is 4.14. The van der Waals surface area contributed by atoms with Crippen LogP contribution in [0.4, 0.5) is 0 Å². The number of terminal acetylenes is 2. The van der Waals surface area contributed by atoms with Gasteiger partial charge in [-0.3, -0.25) is 14.3 Å². The Bertz CT molecular complexity index is 825. The fraction of sp³-hybridized carbons (Fsp3) is 0.308. The molecule has 2 rings (SSSR count). The van der Waals surface area contributed by atoms with Crippen molar-refractivity contribution in [1.82, 2.24) is 19.1 Å². The summed E-state index contributed by atoms with van der Waals surface area (Å²) in [5.41, 5.74) is -0.630. The topological polar surface area (TPSA) is 72.7 Å². The van der Waals surface area contributed by atoms with Crippen LogP contribution in [0.15, 0.2) is 15.9 Å². The van der Waals surface area contributed by atoms with E-state index in [2.05, 4.69) is 21.8 Å². The predicted molar refractivity (Wildman–Crippen MR) is 71.7 cm³/mol. The molecule has 0 aliphatic carbocycles. The van der Waals surface area contributed by atoms with Crippen molar-refractivity contribution in [1.29, 1.82) is 0 Å². The summed E-state index contributed by atoms with van der Waals surface area (Å²) in [6, 6.07) is -0.866. The Morgan fingerprint density at radius 1 is 1.26 bits per heavy atom. The van der Waals surface area contributed by atoms with Crippen LogP contribution >= 0.6 is 0 Å². The maximum Gasteiger partial charge on any atom is 0.331 e. The molecule has 0 aromatic carbocycles. The minimum atomic E-state index is -0.582. The summed E-state index contributed by atoms with van der Waals surface area (Å²) >= 11 is 0. The molecule has 6 heteroatoms. The lowest BCUT2D eigenvalue weighted by molar-refractivity contribution is 0.649. The number of imidazole rings is 1. The first kappa shape index (κ1) is 12.7. The second kappa shape index (κ2) is 4.51. The third-order valence-corrected chi connectivity index (χ3v) is 2.94. The smallest absolute Gasteiger partial charge is 0.310 e. The Morgan fingerprint density at radius 2 is 1.89 bits per heavy atom. The Labute approximate surface area is 109 Å². The predicted octanol–water partition coefficient (Wildman–Crippen LogP) is 0.275. The largest absolute Gasteiger partial charge is 0.331 e. The SMILES string of the molecule is C#CC(C)n1cnc2c1c(=O)[nH]c(=O)n2C(C)C#C. The van der Waals surface area contributed by atoms with E-state index in [1.165, 1.54) is 15.5 Å². The lowest BCUT2D eigenvalue weighted by atomic mass is 10.3. The quantitative estimate of drug-likeness (QED) is 0.784. The molecule has 0 fully saturated rings. The standard InChI is InChI=1S/C13H12N4O2/c1-5-8(3)16-7-14-11-10(16)12(18)15-13(19)17(11)9(4)6-2/h1-2,7-9H,3-4H3,(H,15,18,19). The van der Waals surface area contributed by atoms with Crippen molar-refractivity contribution < 1.29 is 0 Å². The van der Waals surface area contributed by atoms with Gasteiger partial charge in [-0.05, 0) is 13.8 Å². The minimum absolute atomic E-state index is 0.237. The van der Waals surface area contributed by atoms with Crippen LogP contribution in [0.1, 0.15) is 25.9 Å². The van der Waals surface area contributed by atoms with Crippen molar-refractivity contribution >= 4 is 11.2 Å². The molecule has 0 spiro atoms. The maximum atomic E-state index is 11.9. The summed E-state index contributed by atoms with van der Waals surface area (Å²) in [5, 5.41) is 0. The molecule has 0 radical (unpaired) electrons. The minimum Gasteiger partial charge on any atom is -0.310 e. The molecule has 2 atom stereocenters. The third kappa shape index (κ3) is 1.84. The summed E-state index contributed by atoms with van der Waals surface area (Å²) in [7, 11) is 0. The van der Waals surface area contributed by atoms with Crippen LogP contribution in [-0.4, -0.2) is 19.1 Å². The van der Waals surface area contributed by atoms with Gasteiger partial charge in [0.25, 0.3) is 5.56 Å². The van der Waals surface area contributed by atoms with Crippen molar-refractivity contribution in [3.05, 3.63) is 27.2 Å². The number of hydrogen-bond acceptors (Lipinski definition) is 3. The Kier molecular flexibility index (Phi) is 3.02. The van der Waals surface area contributed by atoms with Crippen molar-refractivity contribution in [2.24, 2.45) is 0 Å². The first-order valence-corrected chi connectivity index (χ1v) is 5.64. The van der Waals surface area contributed by atoms with Crippen LogP contribution in [0.5, 0.6) is 0 Å². The molecular formula is C13H12N4O2. The lowest BCUT2D eigenvalue weighted by Crippen LogP contribution is -2.32. The van der Waals surface area contributed by atoms with E-state index in [0.29, 0.717) is 0 Å². The highest BCUT2D eigenvalue weighted by Crippen LogP contribution is 2.14. The zero-order valence-electron chi connectivity index (χ0n) is 10.5. The van der Waals surface area contributed by atoms with E-state index < -0.39 is 17.3 Å². The van der Waals surface area contributed by atoms with Gasteiger partial charge < -0.3 is 4.57 Å². The van der Waals surface area contributed by atoms with Crippen molar-refractivity contribution in [3.63, 3.8) is 0 Å². The van der Waals surface area contributed by atoms with E-state index in [-0.39, 0.29) is 17.2 Å². The van der Waals surface area contributed by atoms with Gasteiger partial charge in [0.2, 0.25) is 0 Å². The first-order valence-electron chi connectivity index (χ1n) is 5.64. The number of nitrogens with one attached hydrogen (secondary N) is 1. The van der Waals surface area contributed by atoms with Gasteiger partial charge in [0, 0.05) is 0 Å². The Morgan fingerprint density at radius 3 is 2.47 bits per heavy atom. The zero-order chi connectivity index (χ0) is 14.2. The number of rotatable bonds is 2. The molecule has 2 heterocycles. The lowest BCUT2D eigenvalue weighted by Gasteiger charge is -2.10. The van der Waals surface area contributed by atoms with E-state index in [1.54, 1.807) is 13.8 Å². The molecule has 0 amide bonds. The molecule has 96 valence electrons. The van der Waals surface area contributed by atoms with E-state index >= 15 is 0 Å². The number of hydrogen-bond donors (Lipinski definition) is 1. The molecule has 0 aliphatic heterocycles. The molecule has 2 aromatic heterocycles. The van der Waals surface area contributed by atoms with Crippen molar-refractivity contribution in [2.45, 2.75) is 25.9 Å². The van der Waals surface area contributed by atoms with Crippen LogP contribution in [-0.2, 0) is 0 Å². The number of aromatic amines is 1. The van der Waals surface area contributed by atoms with E-state index in [4.69, 9.17) is 12.8 Å². The summed E-state index contributed by atoms with van der Waals surface area (Å²) in [6.07, 6.45) is 12.1. The number of nitrogens with zero attached hydrogens (tertiary/aromatic N) is 3. The molecule has 0 bridgehead atoms. The van der Waals surface area contributed by atoms with Gasteiger partial charge in [0.05, 0.1) is 18.4 Å². The zero-order valence-corrected chi connectivity index (χ0v) is 10.5. The monoisotopic (exact) mass is 256 g/mol. The molecule has 0 aliphatic rings. The van der Waals surface area contributed by atoms with E-state index in [9.17, 15) is 9.59 Å². The molecule has 0 saturated heterocycles. The van der Waals surface area contributed by atoms with Crippen LogP contribution in [0.3, 0.4) is 0 Å². The summed E-state index contributed by atoms with van der Waals surface area (Å²) in [5.74, 6) is 4.94. The number of fused-ring (bicyclic) bond motifs is 1. The first-order chi connectivity index (χ1) is 9.01. The third-order valence-electron chi connectivity index (χ3n) is 2.94. The van der Waals surface area contributed by atoms with Gasteiger partial charge in [-0.2, -0.15) is 0 Å². The average molecular weight is 256 g/mol. The van der Waals surface area contributed by atoms with Gasteiger partial charge in [-0.1, -0.05) is 11.8 Å². The second-order valence-electron chi connectivity index (χ2n) is 4.14. The molecule has 1 N–H and O–H groups in total. The molecule has 2 unspecified atom stereocenters. The highest BCUT2D eigenvalue weighted by Gasteiger charge is 2.17. The fourth-order valence-corrected chi connectivity index (χ4v) is 1.87. The molecule has 6 nitrogen and oxygen atoms in total. The van der Waals surface area contributed by atoms with Crippen molar-refractivity contribution in [2.75, 3.05) is 0 Å². The molecule has 19 heavy (non-hydrogen) atoms. The van der Waals surface area contributed by atoms with Crippen LogP contribution in [0, 0.1) is 24.7 Å². The Balaban J connectivity index is 2.93. The fourth-order valence-electron chi connectivity index (χ4n) is 1.87. The average Bonchev–Trinajstić information content (AvgIpc) is 2.82. The van der Waals surface area contributed by atoms with Gasteiger partial charge in [0.15, 0.2) is 11.2 Å². The highest BCUT2D eigenvalue weighted by atomic mass is 16.2. The van der Waals surface area contributed by atoms with Gasteiger partial charge in [-0.15, -0.1) is 12.8 Å². The summed E-state index contributed by atoms with van der Waals surface area (Å²) in [6.45, 7) is 3.42. The summed E-state index contributed by atoms with van der Waals surface area (Å²) < 4.78 is 2.80. The highest BCUT2D eigenvalue weighted by molar-refractivity contribution is 5.70.